The van der Waals surface area contributed by atoms with Crippen LogP contribution in [-0.2, 0) is 16.6 Å². The van der Waals surface area contributed by atoms with E-state index in [1.54, 1.807) is 23.4 Å². The van der Waals surface area contributed by atoms with E-state index in [2.05, 4.69) is 11.0 Å². The van der Waals surface area contributed by atoms with Gasteiger partial charge in [0.15, 0.2) is 0 Å². The molecule has 1 N–H and O–H groups in total. The molecule has 0 radical (unpaired) electrons. The summed E-state index contributed by atoms with van der Waals surface area (Å²) in [6, 6.07) is 2.07. The fraction of sp³-hybridized carbons (Fsp3) is 0.621. The zero-order chi connectivity index (χ0) is 28.4. The number of carbonyl (C=O) groups excluding carboxylic acids is 1. The molecule has 2 saturated heterocycles. The van der Waals surface area contributed by atoms with Crippen molar-refractivity contribution in [3.8, 4) is 6.07 Å². The number of amides is 1. The summed E-state index contributed by atoms with van der Waals surface area (Å²) < 4.78 is 2.11. The molecule has 0 aliphatic carbocycles. The summed E-state index contributed by atoms with van der Waals surface area (Å²) in [6.07, 6.45) is 14.4. The van der Waals surface area contributed by atoms with Crippen LogP contribution in [0.1, 0.15) is 100 Å². The van der Waals surface area contributed by atoms with Gasteiger partial charge in [0, 0.05) is 38.7 Å². The average molecular weight is 573 g/mol. The van der Waals surface area contributed by atoms with Gasteiger partial charge in [0.2, 0.25) is 0 Å². The second-order valence-electron chi connectivity index (χ2n) is 10.4. The molecule has 1 aromatic heterocycles. The zero-order valence-corrected chi connectivity index (χ0v) is 24.8. The molecule has 3 rings (SSSR count). The second-order valence-corrected chi connectivity index (χ2v) is 12.1. The first-order chi connectivity index (χ1) is 18.8. The van der Waals surface area contributed by atoms with Crippen LogP contribution >= 0.6 is 24.0 Å². The molecular formula is C29H40N4O4S2. The minimum absolute atomic E-state index is 0.111. The quantitative estimate of drug-likeness (QED) is 0.181. The number of aliphatic carboxylic acids is 1. The predicted octanol–water partition coefficient (Wildman–Crippen LogP) is 5.74. The topological polar surface area (TPSA) is 107 Å². The van der Waals surface area contributed by atoms with Crippen LogP contribution in [0.2, 0.25) is 0 Å². The van der Waals surface area contributed by atoms with E-state index >= 15 is 0 Å². The number of carbonyl (C=O) groups is 2. The lowest BCUT2D eigenvalue weighted by Gasteiger charge is -2.28. The van der Waals surface area contributed by atoms with E-state index in [0.717, 1.165) is 102 Å². The molecule has 2 aliphatic rings. The highest BCUT2D eigenvalue weighted by atomic mass is 32.2. The molecule has 8 nitrogen and oxygen atoms in total. The summed E-state index contributed by atoms with van der Waals surface area (Å²) in [7, 11) is 1.71. The maximum Gasteiger partial charge on any atom is 0.303 e. The number of hydrogen-bond acceptors (Lipinski definition) is 7. The number of thiocarbonyl (C=S) groups is 1. The number of hydrogen-bond donors (Lipinski definition) is 1. The number of carboxylic acids is 1. The summed E-state index contributed by atoms with van der Waals surface area (Å²) in [5.74, 6) is -0.0709. The van der Waals surface area contributed by atoms with Crippen LogP contribution in [0.5, 0.6) is 0 Å². The van der Waals surface area contributed by atoms with Crippen LogP contribution < -0.4 is 10.5 Å². The predicted molar refractivity (Wildman–Crippen MR) is 161 cm³/mol. The van der Waals surface area contributed by atoms with Crippen molar-refractivity contribution in [3.05, 3.63) is 31.9 Å². The third kappa shape index (κ3) is 8.18. The van der Waals surface area contributed by atoms with Gasteiger partial charge in [0.1, 0.15) is 21.8 Å². The molecule has 0 aromatic carbocycles. The van der Waals surface area contributed by atoms with E-state index in [1.165, 1.54) is 11.8 Å². The first-order valence-electron chi connectivity index (χ1n) is 14.1. The molecule has 0 atom stereocenters. The van der Waals surface area contributed by atoms with E-state index in [1.807, 2.05) is 6.08 Å². The Hall–Kier alpha value is -2.64. The van der Waals surface area contributed by atoms with E-state index in [9.17, 15) is 19.6 Å². The van der Waals surface area contributed by atoms with Crippen molar-refractivity contribution in [1.29, 1.82) is 5.26 Å². The molecule has 0 spiro atoms. The molecule has 212 valence electrons. The second kappa shape index (κ2) is 15.2. The van der Waals surface area contributed by atoms with Gasteiger partial charge in [0.05, 0.1) is 4.91 Å². The maximum absolute atomic E-state index is 13.4. The highest BCUT2D eigenvalue weighted by molar-refractivity contribution is 8.26. The Morgan fingerprint density at radius 1 is 1.03 bits per heavy atom. The number of rotatable bonds is 13. The summed E-state index contributed by atoms with van der Waals surface area (Å²) in [6.45, 7) is 4.04. The highest BCUT2D eigenvalue weighted by Crippen LogP contribution is 2.36. The molecule has 3 heterocycles. The SMILES string of the molecule is Cc1c(/C=C2/SC(=S)N(CCCCCCCCCCC(=O)O)C2=O)c(N2CCCCCC2)n(C)c(=O)c1C#N. The number of unbranched alkanes of at least 4 members (excludes halogenated alkanes) is 7. The molecule has 1 amide bonds. The van der Waals surface area contributed by atoms with Crippen molar-refractivity contribution in [2.75, 3.05) is 24.5 Å². The van der Waals surface area contributed by atoms with Crippen molar-refractivity contribution in [1.82, 2.24) is 9.47 Å². The van der Waals surface area contributed by atoms with Gasteiger partial charge in [-0.05, 0) is 44.2 Å². The number of thioether (sulfide) groups is 1. The largest absolute Gasteiger partial charge is 0.481 e. The molecule has 2 fully saturated rings. The van der Waals surface area contributed by atoms with Gasteiger partial charge >= 0.3 is 5.97 Å². The van der Waals surface area contributed by atoms with Crippen LogP contribution in [0, 0.1) is 18.3 Å². The Morgan fingerprint density at radius 3 is 2.21 bits per heavy atom. The average Bonchev–Trinajstić information content (AvgIpc) is 3.07. The lowest BCUT2D eigenvalue weighted by Crippen LogP contribution is -2.34. The van der Waals surface area contributed by atoms with Crippen LogP contribution in [0.3, 0.4) is 0 Å². The molecule has 1 aromatic rings. The number of aromatic nitrogens is 1. The number of nitrogens with zero attached hydrogens (tertiary/aromatic N) is 4. The summed E-state index contributed by atoms with van der Waals surface area (Å²) in [5.41, 5.74) is 1.16. The smallest absolute Gasteiger partial charge is 0.303 e. The monoisotopic (exact) mass is 572 g/mol. The van der Waals surface area contributed by atoms with Crippen molar-refractivity contribution < 1.29 is 14.7 Å². The fourth-order valence-corrected chi connectivity index (χ4v) is 6.60. The van der Waals surface area contributed by atoms with Crippen LogP contribution in [-0.4, -0.2) is 50.4 Å². The molecule has 0 unspecified atom stereocenters. The molecule has 10 heteroatoms. The lowest BCUT2D eigenvalue weighted by molar-refractivity contribution is -0.137. The summed E-state index contributed by atoms with van der Waals surface area (Å²) in [5, 5.41) is 18.4. The van der Waals surface area contributed by atoms with Crippen molar-refractivity contribution in [2.45, 2.75) is 90.4 Å². The van der Waals surface area contributed by atoms with Crippen molar-refractivity contribution >= 4 is 52.1 Å². The molecule has 0 saturated carbocycles. The number of carboxylic acid groups (broad SMARTS) is 1. The van der Waals surface area contributed by atoms with E-state index in [4.69, 9.17) is 17.3 Å². The summed E-state index contributed by atoms with van der Waals surface area (Å²) in [4.78, 5) is 41.3. The molecule has 0 bridgehead atoms. The van der Waals surface area contributed by atoms with Gasteiger partial charge in [-0.15, -0.1) is 0 Å². The van der Waals surface area contributed by atoms with Gasteiger partial charge < -0.3 is 10.0 Å². The Bertz CT molecular complexity index is 1190. The van der Waals surface area contributed by atoms with Crippen LogP contribution in [0.15, 0.2) is 9.70 Å². The lowest BCUT2D eigenvalue weighted by atomic mass is 10.0. The fourth-order valence-electron chi connectivity index (χ4n) is 5.31. The van der Waals surface area contributed by atoms with Crippen LogP contribution in [0.4, 0.5) is 5.82 Å². The van der Waals surface area contributed by atoms with Gasteiger partial charge in [-0.2, -0.15) is 5.26 Å². The molecule has 39 heavy (non-hydrogen) atoms. The Morgan fingerprint density at radius 2 is 1.62 bits per heavy atom. The Balaban J connectivity index is 1.66. The Kier molecular flexibility index (Phi) is 12.1. The van der Waals surface area contributed by atoms with Gasteiger partial charge in [0.25, 0.3) is 11.5 Å². The highest BCUT2D eigenvalue weighted by Gasteiger charge is 2.32. The third-order valence-corrected chi connectivity index (χ3v) is 8.92. The minimum Gasteiger partial charge on any atom is -0.481 e. The first-order valence-corrected chi connectivity index (χ1v) is 15.3. The first kappa shape index (κ1) is 30.9. The number of nitriles is 1. The van der Waals surface area contributed by atoms with Crippen LogP contribution in [0.25, 0.3) is 6.08 Å². The van der Waals surface area contributed by atoms with Crippen molar-refractivity contribution in [3.63, 3.8) is 0 Å². The van der Waals surface area contributed by atoms with Gasteiger partial charge in [-0.1, -0.05) is 75.3 Å². The summed E-state index contributed by atoms with van der Waals surface area (Å²) >= 11 is 6.85. The van der Waals surface area contributed by atoms with E-state index < -0.39 is 5.97 Å². The number of anilines is 1. The standard InChI is InChI=1S/C29H40N4O4S2/c1-21-22(26(31(2)27(36)23(21)20-30)32-16-12-9-10-13-17-32)19-24-28(37)33(29(38)39-24)18-14-8-6-4-3-5-7-11-15-25(34)35/h19H,3-18H2,1-2H3,(H,34,35)/b24-19+. The Labute approximate surface area is 241 Å². The molecular weight excluding hydrogens is 532 g/mol. The van der Waals surface area contributed by atoms with E-state index in [0.29, 0.717) is 21.3 Å². The third-order valence-electron chi connectivity index (χ3n) is 7.54. The van der Waals surface area contributed by atoms with E-state index in [-0.39, 0.29) is 23.5 Å². The van der Waals surface area contributed by atoms with Crippen molar-refractivity contribution in [2.24, 2.45) is 7.05 Å². The van der Waals surface area contributed by atoms with Gasteiger partial charge in [-0.25, -0.2) is 0 Å². The molecule has 2 aliphatic heterocycles. The maximum atomic E-state index is 13.4. The van der Waals surface area contributed by atoms with Gasteiger partial charge in [-0.3, -0.25) is 23.9 Å². The minimum atomic E-state index is -0.727. The number of pyridine rings is 1. The normalized spacial score (nSPS) is 17.1. The zero-order valence-electron chi connectivity index (χ0n) is 23.2.